The Hall–Kier alpha value is -1.26. The number of hydrogen-bond donors (Lipinski definition) is 0. The van der Waals surface area contributed by atoms with Gasteiger partial charge in [0.15, 0.2) is 0 Å². The molecule has 0 amide bonds. The van der Waals surface area contributed by atoms with E-state index in [2.05, 4.69) is 4.90 Å². The molecule has 1 aromatic carbocycles. The highest BCUT2D eigenvalue weighted by atomic mass is 16.5. The van der Waals surface area contributed by atoms with Gasteiger partial charge >= 0.3 is 0 Å². The summed E-state index contributed by atoms with van der Waals surface area (Å²) in [6.07, 6.45) is 5.72. The van der Waals surface area contributed by atoms with E-state index in [1.54, 1.807) is 7.11 Å². The number of nitrogens with zero attached hydrogens (tertiary/aromatic N) is 1. The van der Waals surface area contributed by atoms with E-state index < -0.39 is 0 Å². The number of rotatable bonds is 5. The molecule has 0 radical (unpaired) electrons. The van der Waals surface area contributed by atoms with Crippen LogP contribution >= 0.6 is 0 Å². The Labute approximate surface area is 127 Å². The maximum absolute atomic E-state index is 5.99. The molecule has 4 nitrogen and oxygen atoms in total. The molecule has 116 valence electrons. The summed E-state index contributed by atoms with van der Waals surface area (Å²) >= 11 is 0. The summed E-state index contributed by atoms with van der Waals surface area (Å²) in [5, 5.41) is 0. The zero-order chi connectivity index (χ0) is 14.7. The van der Waals surface area contributed by atoms with Crippen LogP contribution in [0, 0.1) is 0 Å². The van der Waals surface area contributed by atoms with E-state index in [1.807, 2.05) is 31.4 Å². The molecule has 1 aromatic rings. The van der Waals surface area contributed by atoms with E-state index in [9.17, 15) is 0 Å². The van der Waals surface area contributed by atoms with Crippen molar-refractivity contribution in [3.8, 4) is 11.5 Å². The standard InChI is InChI=1S/C17H25NO3/c1-19-14-5-3-13(4-6-14)18-11-17(12-18)21-16-9-7-15(20-2)8-10-16/h7-10,13-14,17H,3-6,11-12H2,1-2H3. The molecule has 0 atom stereocenters. The lowest BCUT2D eigenvalue weighted by Gasteiger charge is -2.46. The molecule has 0 bridgehead atoms. The van der Waals surface area contributed by atoms with Gasteiger partial charge in [-0.3, -0.25) is 4.90 Å². The van der Waals surface area contributed by atoms with Crippen LogP contribution < -0.4 is 9.47 Å². The Morgan fingerprint density at radius 2 is 1.48 bits per heavy atom. The summed E-state index contributed by atoms with van der Waals surface area (Å²) in [6, 6.07) is 8.57. The van der Waals surface area contributed by atoms with Crippen molar-refractivity contribution in [1.82, 2.24) is 4.90 Å². The Morgan fingerprint density at radius 3 is 2.05 bits per heavy atom. The van der Waals surface area contributed by atoms with E-state index in [0.29, 0.717) is 12.2 Å². The summed E-state index contributed by atoms with van der Waals surface area (Å²) in [7, 11) is 3.51. The highest BCUT2D eigenvalue weighted by molar-refractivity contribution is 5.31. The van der Waals surface area contributed by atoms with Crippen LogP contribution in [0.5, 0.6) is 11.5 Å². The molecule has 0 unspecified atom stereocenters. The maximum atomic E-state index is 5.99. The van der Waals surface area contributed by atoms with Crippen LogP contribution in [0.25, 0.3) is 0 Å². The van der Waals surface area contributed by atoms with Gasteiger partial charge in [-0.05, 0) is 49.9 Å². The second-order valence-corrected chi connectivity index (χ2v) is 6.04. The SMILES string of the molecule is COc1ccc(OC2CN(C3CCC(OC)CC3)C2)cc1. The van der Waals surface area contributed by atoms with Gasteiger partial charge in [0.1, 0.15) is 17.6 Å². The van der Waals surface area contributed by atoms with Gasteiger partial charge in [-0.25, -0.2) is 0 Å². The highest BCUT2D eigenvalue weighted by Crippen LogP contribution is 2.29. The van der Waals surface area contributed by atoms with Crippen LogP contribution in [0.2, 0.25) is 0 Å². The summed E-state index contributed by atoms with van der Waals surface area (Å²) in [5.74, 6) is 1.80. The van der Waals surface area contributed by atoms with E-state index >= 15 is 0 Å². The summed E-state index contributed by atoms with van der Waals surface area (Å²) in [6.45, 7) is 2.10. The average molecular weight is 291 g/mol. The minimum absolute atomic E-state index is 0.332. The van der Waals surface area contributed by atoms with Gasteiger partial charge in [0.05, 0.1) is 13.2 Å². The fourth-order valence-electron chi connectivity index (χ4n) is 3.34. The molecule has 0 spiro atoms. The van der Waals surface area contributed by atoms with Crippen molar-refractivity contribution in [1.29, 1.82) is 0 Å². The van der Waals surface area contributed by atoms with E-state index in [0.717, 1.165) is 30.6 Å². The number of hydrogen-bond acceptors (Lipinski definition) is 4. The van der Waals surface area contributed by atoms with Crippen molar-refractivity contribution in [2.45, 2.75) is 43.9 Å². The topological polar surface area (TPSA) is 30.9 Å². The highest BCUT2D eigenvalue weighted by Gasteiger charge is 2.35. The van der Waals surface area contributed by atoms with Crippen molar-refractivity contribution >= 4 is 0 Å². The van der Waals surface area contributed by atoms with Crippen molar-refractivity contribution in [2.75, 3.05) is 27.3 Å². The van der Waals surface area contributed by atoms with Crippen LogP contribution in [-0.2, 0) is 4.74 Å². The molecule has 0 aromatic heterocycles. The lowest BCUT2D eigenvalue weighted by atomic mass is 9.90. The van der Waals surface area contributed by atoms with Gasteiger partial charge in [0.25, 0.3) is 0 Å². The Kier molecular flexibility index (Phi) is 4.66. The molecule has 3 rings (SSSR count). The van der Waals surface area contributed by atoms with Crippen LogP contribution in [0.3, 0.4) is 0 Å². The number of ether oxygens (including phenoxy) is 3. The molecule has 4 heteroatoms. The molecule has 21 heavy (non-hydrogen) atoms. The third-order valence-electron chi connectivity index (χ3n) is 4.73. The first-order valence-corrected chi connectivity index (χ1v) is 7.86. The molecule has 1 aliphatic carbocycles. The van der Waals surface area contributed by atoms with Gasteiger partial charge in [0, 0.05) is 26.2 Å². The number of benzene rings is 1. The van der Waals surface area contributed by atoms with Crippen LogP contribution in [0.15, 0.2) is 24.3 Å². The lowest BCUT2D eigenvalue weighted by Crippen LogP contribution is -2.58. The Morgan fingerprint density at radius 1 is 0.857 bits per heavy atom. The van der Waals surface area contributed by atoms with Crippen LogP contribution in [-0.4, -0.2) is 50.5 Å². The summed E-state index contributed by atoms with van der Waals surface area (Å²) < 4.78 is 16.6. The normalized spacial score (nSPS) is 27.1. The number of likely N-dealkylation sites (tertiary alicyclic amines) is 1. The molecule has 2 fully saturated rings. The zero-order valence-electron chi connectivity index (χ0n) is 13.0. The lowest BCUT2D eigenvalue weighted by molar-refractivity contribution is -0.0356. The first-order valence-electron chi connectivity index (χ1n) is 7.86. The van der Waals surface area contributed by atoms with Crippen molar-refractivity contribution in [3.63, 3.8) is 0 Å². The third kappa shape index (κ3) is 3.50. The second kappa shape index (κ2) is 6.67. The molecular formula is C17H25NO3. The fourth-order valence-corrected chi connectivity index (χ4v) is 3.34. The number of methoxy groups -OCH3 is 2. The van der Waals surface area contributed by atoms with Crippen molar-refractivity contribution in [2.24, 2.45) is 0 Å². The van der Waals surface area contributed by atoms with Crippen LogP contribution in [0.1, 0.15) is 25.7 Å². The predicted molar refractivity (Wildman–Crippen MR) is 82.0 cm³/mol. The zero-order valence-corrected chi connectivity index (χ0v) is 13.0. The van der Waals surface area contributed by atoms with Gasteiger partial charge in [0.2, 0.25) is 0 Å². The average Bonchev–Trinajstić information content (AvgIpc) is 2.51. The van der Waals surface area contributed by atoms with E-state index in [4.69, 9.17) is 14.2 Å². The molecule has 2 aliphatic rings. The molecule has 0 N–H and O–H groups in total. The van der Waals surface area contributed by atoms with Crippen molar-refractivity contribution in [3.05, 3.63) is 24.3 Å². The first kappa shape index (κ1) is 14.7. The molecule has 1 heterocycles. The van der Waals surface area contributed by atoms with Crippen molar-refractivity contribution < 1.29 is 14.2 Å². The fraction of sp³-hybridized carbons (Fsp3) is 0.647. The van der Waals surface area contributed by atoms with E-state index in [1.165, 1.54) is 25.7 Å². The second-order valence-electron chi connectivity index (χ2n) is 6.04. The first-order chi connectivity index (χ1) is 10.3. The minimum atomic E-state index is 0.332. The quantitative estimate of drug-likeness (QED) is 0.834. The summed E-state index contributed by atoms with van der Waals surface area (Å²) in [4.78, 5) is 2.56. The van der Waals surface area contributed by atoms with Gasteiger partial charge < -0.3 is 14.2 Å². The molecular weight excluding hydrogens is 266 g/mol. The third-order valence-corrected chi connectivity index (χ3v) is 4.73. The van der Waals surface area contributed by atoms with E-state index in [-0.39, 0.29) is 0 Å². The van der Waals surface area contributed by atoms with Gasteiger partial charge in [-0.15, -0.1) is 0 Å². The molecule has 1 saturated heterocycles. The van der Waals surface area contributed by atoms with Gasteiger partial charge in [-0.2, -0.15) is 0 Å². The molecule has 1 aliphatic heterocycles. The molecule has 1 saturated carbocycles. The largest absolute Gasteiger partial charge is 0.497 e. The smallest absolute Gasteiger partial charge is 0.124 e. The Balaban J connectivity index is 1.41. The summed E-state index contributed by atoms with van der Waals surface area (Å²) in [5.41, 5.74) is 0. The van der Waals surface area contributed by atoms with Gasteiger partial charge in [-0.1, -0.05) is 0 Å². The maximum Gasteiger partial charge on any atom is 0.124 e. The minimum Gasteiger partial charge on any atom is -0.497 e. The van der Waals surface area contributed by atoms with Crippen LogP contribution in [0.4, 0.5) is 0 Å². The predicted octanol–water partition coefficient (Wildman–Crippen LogP) is 2.72. The monoisotopic (exact) mass is 291 g/mol. The Bertz CT molecular complexity index is 434.